The molecule has 0 radical (unpaired) electrons. The van der Waals surface area contributed by atoms with Crippen LogP contribution in [-0.4, -0.2) is 18.8 Å². The number of aromatic nitrogens is 1. The molecule has 1 aliphatic rings. The lowest BCUT2D eigenvalue weighted by atomic mass is 9.89. The highest BCUT2D eigenvalue weighted by Crippen LogP contribution is 2.36. The second kappa shape index (κ2) is 8.12. The van der Waals surface area contributed by atoms with Crippen LogP contribution in [0, 0.1) is 19.3 Å². The minimum Gasteiger partial charge on any atom is -0.493 e. The van der Waals surface area contributed by atoms with Crippen molar-refractivity contribution in [2.24, 2.45) is 5.41 Å². The normalized spacial score (nSPS) is 16.0. The van der Waals surface area contributed by atoms with Gasteiger partial charge in [0.1, 0.15) is 12.4 Å². The number of nitrogens with one attached hydrogen (secondary N) is 1. The minimum absolute atomic E-state index is 0.424. The summed E-state index contributed by atoms with van der Waals surface area (Å²) in [6.07, 6.45) is 5.39. The minimum atomic E-state index is 0.424. The Morgan fingerprint density at radius 3 is 2.62 bits per heavy atom. The van der Waals surface area contributed by atoms with Crippen molar-refractivity contribution in [1.82, 2.24) is 10.5 Å². The Kier molecular flexibility index (Phi) is 5.87. The van der Waals surface area contributed by atoms with Gasteiger partial charge in [-0.05, 0) is 49.8 Å². The van der Waals surface area contributed by atoms with Crippen molar-refractivity contribution in [2.45, 2.75) is 59.6 Å². The molecule has 0 amide bonds. The van der Waals surface area contributed by atoms with Gasteiger partial charge in [0.05, 0.1) is 18.4 Å². The van der Waals surface area contributed by atoms with Gasteiger partial charge in [-0.2, -0.15) is 0 Å². The van der Waals surface area contributed by atoms with E-state index in [4.69, 9.17) is 14.0 Å². The second-order valence-electron chi connectivity index (χ2n) is 7.70. The highest BCUT2D eigenvalue weighted by molar-refractivity contribution is 5.43. The second-order valence-corrected chi connectivity index (χ2v) is 7.70. The Balaban J connectivity index is 1.58. The first-order valence-electron chi connectivity index (χ1n) is 9.43. The van der Waals surface area contributed by atoms with Crippen LogP contribution < -0.4 is 14.8 Å². The molecular weight excluding hydrogens is 328 g/mol. The first kappa shape index (κ1) is 18.8. The largest absolute Gasteiger partial charge is 0.493 e. The standard InChI is InChI=1S/C21H30N2O3/c1-15-18(16(2)26-23-15)13-25-19-8-7-17(11-20(19)24-4)12-22-14-21(3)9-5-6-10-21/h7-8,11,22H,5-6,9-10,12-14H2,1-4H3. The molecule has 0 aliphatic heterocycles. The zero-order valence-corrected chi connectivity index (χ0v) is 16.4. The van der Waals surface area contributed by atoms with Crippen LogP contribution in [-0.2, 0) is 13.2 Å². The van der Waals surface area contributed by atoms with Crippen LogP contribution in [0.1, 0.15) is 55.2 Å². The molecule has 1 N–H and O–H groups in total. The number of benzene rings is 1. The van der Waals surface area contributed by atoms with Crippen LogP contribution >= 0.6 is 0 Å². The zero-order valence-electron chi connectivity index (χ0n) is 16.4. The van der Waals surface area contributed by atoms with E-state index in [9.17, 15) is 0 Å². The maximum absolute atomic E-state index is 5.95. The van der Waals surface area contributed by atoms with Gasteiger partial charge in [0, 0.05) is 13.1 Å². The molecule has 1 aromatic heterocycles. The van der Waals surface area contributed by atoms with E-state index in [1.807, 2.05) is 26.0 Å². The fraction of sp³-hybridized carbons (Fsp3) is 0.571. The summed E-state index contributed by atoms with van der Waals surface area (Å²) in [4.78, 5) is 0. The van der Waals surface area contributed by atoms with Crippen molar-refractivity contribution in [3.05, 3.63) is 40.8 Å². The van der Waals surface area contributed by atoms with E-state index in [0.29, 0.717) is 12.0 Å². The summed E-state index contributed by atoms with van der Waals surface area (Å²) in [5.74, 6) is 2.28. The summed E-state index contributed by atoms with van der Waals surface area (Å²) in [6, 6.07) is 6.12. The van der Waals surface area contributed by atoms with Crippen LogP contribution in [0.3, 0.4) is 0 Å². The molecule has 5 heteroatoms. The predicted molar refractivity (Wildman–Crippen MR) is 102 cm³/mol. The molecule has 1 aromatic carbocycles. The van der Waals surface area contributed by atoms with Crippen LogP contribution in [0.2, 0.25) is 0 Å². The van der Waals surface area contributed by atoms with E-state index in [1.54, 1.807) is 7.11 Å². The van der Waals surface area contributed by atoms with Gasteiger partial charge < -0.3 is 19.3 Å². The molecule has 2 aromatic rings. The molecule has 1 fully saturated rings. The number of nitrogens with zero attached hydrogens (tertiary/aromatic N) is 1. The number of hydrogen-bond donors (Lipinski definition) is 1. The van der Waals surface area contributed by atoms with E-state index in [-0.39, 0.29) is 0 Å². The average Bonchev–Trinajstić information content (AvgIpc) is 3.20. The Morgan fingerprint density at radius 2 is 1.96 bits per heavy atom. The molecule has 1 saturated carbocycles. The summed E-state index contributed by atoms with van der Waals surface area (Å²) in [5, 5.41) is 7.57. The first-order valence-corrected chi connectivity index (χ1v) is 9.43. The maximum Gasteiger partial charge on any atom is 0.161 e. The summed E-state index contributed by atoms with van der Waals surface area (Å²) in [5.41, 5.74) is 3.51. The van der Waals surface area contributed by atoms with Crippen molar-refractivity contribution in [1.29, 1.82) is 0 Å². The quantitative estimate of drug-likeness (QED) is 0.750. The van der Waals surface area contributed by atoms with Crippen molar-refractivity contribution in [3.8, 4) is 11.5 Å². The van der Waals surface area contributed by atoms with E-state index in [1.165, 1.54) is 31.2 Å². The Morgan fingerprint density at radius 1 is 1.19 bits per heavy atom. The van der Waals surface area contributed by atoms with Gasteiger partial charge in [-0.25, -0.2) is 0 Å². The van der Waals surface area contributed by atoms with Gasteiger partial charge in [-0.1, -0.05) is 31.0 Å². The molecule has 0 unspecified atom stereocenters. The zero-order chi connectivity index (χ0) is 18.6. The smallest absolute Gasteiger partial charge is 0.161 e. The van der Waals surface area contributed by atoms with Gasteiger partial charge in [0.25, 0.3) is 0 Å². The average molecular weight is 358 g/mol. The Labute approximate surface area is 156 Å². The van der Waals surface area contributed by atoms with Crippen LogP contribution in [0.5, 0.6) is 11.5 Å². The highest BCUT2D eigenvalue weighted by Gasteiger charge is 2.27. The lowest BCUT2D eigenvalue weighted by molar-refractivity contribution is 0.281. The monoisotopic (exact) mass is 358 g/mol. The van der Waals surface area contributed by atoms with Crippen LogP contribution in [0.15, 0.2) is 22.7 Å². The summed E-state index contributed by atoms with van der Waals surface area (Å²) < 4.78 is 16.7. The fourth-order valence-corrected chi connectivity index (χ4v) is 3.71. The highest BCUT2D eigenvalue weighted by atomic mass is 16.5. The third-order valence-electron chi connectivity index (χ3n) is 5.47. The van der Waals surface area contributed by atoms with Gasteiger partial charge in [0.15, 0.2) is 11.5 Å². The van der Waals surface area contributed by atoms with E-state index in [0.717, 1.165) is 41.6 Å². The number of ether oxygens (including phenoxy) is 2. The van der Waals surface area contributed by atoms with Gasteiger partial charge >= 0.3 is 0 Å². The van der Waals surface area contributed by atoms with Gasteiger partial charge in [0.2, 0.25) is 0 Å². The third kappa shape index (κ3) is 4.39. The summed E-state index contributed by atoms with van der Waals surface area (Å²) in [6.45, 7) is 8.55. The SMILES string of the molecule is COc1cc(CNCC2(C)CCCC2)ccc1OCc1c(C)noc1C. The fourth-order valence-electron chi connectivity index (χ4n) is 3.71. The van der Waals surface area contributed by atoms with Crippen LogP contribution in [0.25, 0.3) is 0 Å². The molecule has 0 atom stereocenters. The van der Waals surface area contributed by atoms with Crippen molar-refractivity contribution >= 4 is 0 Å². The molecule has 0 saturated heterocycles. The number of methoxy groups -OCH3 is 1. The van der Waals surface area contributed by atoms with Crippen molar-refractivity contribution in [2.75, 3.05) is 13.7 Å². The third-order valence-corrected chi connectivity index (χ3v) is 5.47. The number of hydrogen-bond acceptors (Lipinski definition) is 5. The topological polar surface area (TPSA) is 56.5 Å². The molecular formula is C21H30N2O3. The van der Waals surface area contributed by atoms with Crippen LogP contribution in [0.4, 0.5) is 0 Å². The molecule has 1 aliphatic carbocycles. The van der Waals surface area contributed by atoms with Crippen molar-refractivity contribution < 1.29 is 14.0 Å². The molecule has 0 bridgehead atoms. The lowest BCUT2D eigenvalue weighted by Crippen LogP contribution is -2.29. The summed E-state index contributed by atoms with van der Waals surface area (Å²) in [7, 11) is 1.68. The van der Waals surface area contributed by atoms with E-state index >= 15 is 0 Å². The predicted octanol–water partition coefficient (Wildman–Crippen LogP) is 4.55. The molecule has 26 heavy (non-hydrogen) atoms. The molecule has 3 rings (SSSR count). The lowest BCUT2D eigenvalue weighted by Gasteiger charge is -2.24. The van der Waals surface area contributed by atoms with Gasteiger partial charge in [-0.3, -0.25) is 0 Å². The van der Waals surface area contributed by atoms with Crippen molar-refractivity contribution in [3.63, 3.8) is 0 Å². The number of aryl methyl sites for hydroxylation is 2. The Bertz CT molecular complexity index is 713. The number of rotatable bonds is 8. The summed E-state index contributed by atoms with van der Waals surface area (Å²) >= 11 is 0. The van der Waals surface area contributed by atoms with Gasteiger partial charge in [-0.15, -0.1) is 0 Å². The van der Waals surface area contributed by atoms with E-state index in [2.05, 4.69) is 23.5 Å². The maximum atomic E-state index is 5.95. The molecule has 0 spiro atoms. The molecule has 5 nitrogen and oxygen atoms in total. The Hall–Kier alpha value is -2.01. The molecule has 142 valence electrons. The first-order chi connectivity index (χ1) is 12.5. The van der Waals surface area contributed by atoms with E-state index < -0.39 is 0 Å². The molecule has 1 heterocycles.